The van der Waals surface area contributed by atoms with Crippen LogP contribution in [0.5, 0.6) is 0 Å². The van der Waals surface area contributed by atoms with Crippen molar-refractivity contribution in [2.75, 3.05) is 5.23 Å². The van der Waals surface area contributed by atoms with Crippen molar-refractivity contribution >= 4 is 5.82 Å². The number of H-pyrrole nitrogens is 1. The first-order valence-electron chi connectivity index (χ1n) is 8.26. The van der Waals surface area contributed by atoms with Crippen molar-refractivity contribution < 1.29 is 10.3 Å². The van der Waals surface area contributed by atoms with E-state index in [1.54, 1.807) is 6.20 Å². The van der Waals surface area contributed by atoms with E-state index < -0.39 is 6.10 Å². The van der Waals surface area contributed by atoms with Gasteiger partial charge in [-0.25, -0.2) is 0 Å². The van der Waals surface area contributed by atoms with Crippen LogP contribution in [-0.2, 0) is 6.42 Å². The molecule has 5 nitrogen and oxygen atoms in total. The number of aromatic nitrogens is 1. The molecular formula is C19H29N2O3-. The van der Waals surface area contributed by atoms with Gasteiger partial charge >= 0.3 is 0 Å². The van der Waals surface area contributed by atoms with Gasteiger partial charge in [0, 0.05) is 12.6 Å². The van der Waals surface area contributed by atoms with Crippen molar-refractivity contribution in [1.82, 2.24) is 4.98 Å². The third-order valence-corrected chi connectivity index (χ3v) is 3.89. The SMILES string of the molecule is CC(C)=CCCC(C)=CCC=C(C)C(O)Cc1c[nH]c(N([O-])O)c1. The molecule has 134 valence electrons. The third-order valence-electron chi connectivity index (χ3n) is 3.89. The minimum Gasteiger partial charge on any atom is -0.732 e. The van der Waals surface area contributed by atoms with Gasteiger partial charge in [0.1, 0.15) is 5.82 Å². The number of nitrogens with one attached hydrogen (secondary N) is 1. The number of anilines is 1. The van der Waals surface area contributed by atoms with Crippen molar-refractivity contribution in [3.05, 3.63) is 58.0 Å². The molecule has 0 fully saturated rings. The van der Waals surface area contributed by atoms with E-state index in [2.05, 4.69) is 37.9 Å². The molecule has 24 heavy (non-hydrogen) atoms. The molecule has 1 heterocycles. The van der Waals surface area contributed by atoms with Crippen LogP contribution in [0.2, 0.25) is 0 Å². The molecule has 0 aliphatic heterocycles. The lowest BCUT2D eigenvalue weighted by Crippen LogP contribution is -2.11. The average Bonchev–Trinajstić information content (AvgIpc) is 2.95. The summed E-state index contributed by atoms with van der Waals surface area (Å²) in [6.07, 6.45) is 10.8. The highest BCUT2D eigenvalue weighted by Gasteiger charge is 2.09. The second-order valence-corrected chi connectivity index (χ2v) is 6.44. The Kier molecular flexibility index (Phi) is 8.54. The van der Waals surface area contributed by atoms with Gasteiger partial charge in [-0.2, -0.15) is 0 Å². The number of allylic oxidation sites excluding steroid dienone is 5. The van der Waals surface area contributed by atoms with Gasteiger partial charge in [0.15, 0.2) is 0 Å². The van der Waals surface area contributed by atoms with Crippen molar-refractivity contribution in [2.24, 2.45) is 0 Å². The summed E-state index contributed by atoms with van der Waals surface area (Å²) in [5.41, 5.74) is 4.36. The number of hydrogen-bond acceptors (Lipinski definition) is 4. The van der Waals surface area contributed by atoms with Gasteiger partial charge in [-0.1, -0.05) is 29.4 Å². The largest absolute Gasteiger partial charge is 0.732 e. The van der Waals surface area contributed by atoms with Gasteiger partial charge in [0.2, 0.25) is 0 Å². The first-order valence-corrected chi connectivity index (χ1v) is 8.26. The average molecular weight is 333 g/mol. The Balaban J connectivity index is 2.47. The first kappa shape index (κ1) is 20.2. The van der Waals surface area contributed by atoms with E-state index >= 15 is 0 Å². The molecule has 1 atom stereocenters. The fourth-order valence-corrected chi connectivity index (χ4v) is 2.31. The van der Waals surface area contributed by atoms with E-state index in [0.717, 1.165) is 30.4 Å². The topological polar surface area (TPSA) is 82.5 Å². The maximum atomic E-state index is 10.8. The molecule has 0 amide bonds. The van der Waals surface area contributed by atoms with Gasteiger partial charge in [-0.3, -0.25) is 5.21 Å². The van der Waals surface area contributed by atoms with Gasteiger partial charge in [0.25, 0.3) is 0 Å². The number of nitrogens with zero attached hydrogens (tertiary/aromatic N) is 1. The molecule has 1 aromatic heterocycles. The maximum Gasteiger partial charge on any atom is 0.119 e. The molecule has 0 spiro atoms. The number of rotatable bonds is 9. The van der Waals surface area contributed by atoms with Gasteiger partial charge < -0.3 is 20.5 Å². The zero-order chi connectivity index (χ0) is 18.1. The number of aliphatic hydroxyl groups is 1. The van der Waals surface area contributed by atoms with Gasteiger partial charge in [-0.15, -0.1) is 0 Å². The molecular weight excluding hydrogens is 304 g/mol. The van der Waals surface area contributed by atoms with Crippen LogP contribution in [0.25, 0.3) is 0 Å². The first-order chi connectivity index (χ1) is 11.3. The number of aliphatic hydroxyl groups excluding tert-OH is 1. The highest BCUT2D eigenvalue weighted by Crippen LogP contribution is 2.16. The van der Waals surface area contributed by atoms with Crippen LogP contribution in [0, 0.1) is 5.21 Å². The lowest BCUT2D eigenvalue weighted by atomic mass is 10.0. The maximum absolute atomic E-state index is 10.8. The Morgan fingerprint density at radius 3 is 2.54 bits per heavy atom. The molecule has 0 aliphatic rings. The predicted molar refractivity (Wildman–Crippen MR) is 98.9 cm³/mol. The molecule has 0 bridgehead atoms. The summed E-state index contributed by atoms with van der Waals surface area (Å²) in [6.45, 7) is 8.24. The molecule has 0 radical (unpaired) electrons. The summed E-state index contributed by atoms with van der Waals surface area (Å²) in [5, 5.41) is 29.6. The van der Waals surface area contributed by atoms with Gasteiger partial charge in [-0.05, 0) is 64.2 Å². The van der Waals surface area contributed by atoms with Crippen LogP contribution < -0.4 is 5.23 Å². The highest BCUT2D eigenvalue weighted by atomic mass is 16.8. The van der Waals surface area contributed by atoms with E-state index in [4.69, 9.17) is 5.21 Å². The van der Waals surface area contributed by atoms with E-state index in [9.17, 15) is 10.3 Å². The quantitative estimate of drug-likeness (QED) is 0.454. The molecule has 0 aliphatic carbocycles. The number of aromatic amines is 1. The summed E-state index contributed by atoms with van der Waals surface area (Å²) >= 11 is 0. The van der Waals surface area contributed by atoms with Gasteiger partial charge in [0.05, 0.1) is 6.10 Å². The predicted octanol–water partition coefficient (Wildman–Crippen LogP) is 4.64. The molecule has 0 saturated carbocycles. The zero-order valence-corrected chi connectivity index (χ0v) is 15.0. The number of hydrogen-bond donors (Lipinski definition) is 3. The lowest BCUT2D eigenvalue weighted by Gasteiger charge is -2.18. The normalized spacial score (nSPS) is 13.8. The summed E-state index contributed by atoms with van der Waals surface area (Å²) in [7, 11) is 0. The van der Waals surface area contributed by atoms with E-state index in [-0.39, 0.29) is 11.0 Å². The standard InChI is InChI=1S/C19H29N2O3/c1-14(2)7-5-8-15(3)9-6-10-16(4)18(22)11-17-12-19(20-13-17)21(23)24/h7,9-10,12-13,18,20,22-23H,5-6,8,11H2,1-4H3/q-1. The second-order valence-electron chi connectivity index (χ2n) is 6.44. The fraction of sp³-hybridized carbons (Fsp3) is 0.474. The molecule has 5 heteroatoms. The summed E-state index contributed by atoms with van der Waals surface area (Å²) in [4.78, 5) is 2.65. The molecule has 1 rings (SSSR count). The fourth-order valence-electron chi connectivity index (χ4n) is 2.31. The van der Waals surface area contributed by atoms with Crippen LogP contribution in [0.1, 0.15) is 52.5 Å². The van der Waals surface area contributed by atoms with E-state index in [0.29, 0.717) is 6.42 Å². The molecule has 3 N–H and O–H groups in total. The summed E-state index contributed by atoms with van der Waals surface area (Å²) < 4.78 is 0. The van der Waals surface area contributed by atoms with Crippen LogP contribution in [0.3, 0.4) is 0 Å². The third kappa shape index (κ3) is 7.64. The monoisotopic (exact) mass is 333 g/mol. The summed E-state index contributed by atoms with van der Waals surface area (Å²) in [6, 6.07) is 1.52. The van der Waals surface area contributed by atoms with Crippen molar-refractivity contribution in [2.45, 2.75) is 59.5 Å². The van der Waals surface area contributed by atoms with Crippen LogP contribution >= 0.6 is 0 Å². The highest BCUT2D eigenvalue weighted by molar-refractivity contribution is 5.40. The van der Waals surface area contributed by atoms with Crippen molar-refractivity contribution in [1.29, 1.82) is 0 Å². The molecule has 0 saturated heterocycles. The Bertz CT molecular complexity index is 594. The Morgan fingerprint density at radius 1 is 1.25 bits per heavy atom. The Morgan fingerprint density at radius 2 is 1.96 bits per heavy atom. The van der Waals surface area contributed by atoms with Crippen molar-refractivity contribution in [3.8, 4) is 0 Å². The van der Waals surface area contributed by atoms with Crippen LogP contribution in [0.4, 0.5) is 5.82 Å². The second kappa shape index (κ2) is 10.1. The van der Waals surface area contributed by atoms with Crippen LogP contribution in [-0.4, -0.2) is 21.4 Å². The molecule has 1 aromatic rings. The molecule has 1 unspecified atom stereocenters. The lowest BCUT2D eigenvalue weighted by molar-refractivity contribution is 0.211. The smallest absolute Gasteiger partial charge is 0.119 e. The van der Waals surface area contributed by atoms with E-state index in [1.807, 2.05) is 13.0 Å². The Labute approximate surface area is 144 Å². The zero-order valence-electron chi connectivity index (χ0n) is 15.0. The molecule has 0 aromatic carbocycles. The van der Waals surface area contributed by atoms with Crippen LogP contribution in [0.15, 0.2) is 47.2 Å². The van der Waals surface area contributed by atoms with E-state index in [1.165, 1.54) is 17.2 Å². The Hall–Kier alpha value is -1.82. The minimum absolute atomic E-state index is 0.0637. The van der Waals surface area contributed by atoms with Crippen molar-refractivity contribution in [3.63, 3.8) is 0 Å². The minimum atomic E-state index is -0.605. The summed E-state index contributed by atoms with van der Waals surface area (Å²) in [5.74, 6) is 0.0637.